The van der Waals surface area contributed by atoms with Crippen LogP contribution in [0.2, 0.25) is 0 Å². The molecule has 15 heavy (non-hydrogen) atoms. The highest BCUT2D eigenvalue weighted by molar-refractivity contribution is 4.99. The maximum absolute atomic E-state index is 3.79. The Labute approximate surface area is 95.0 Å². The van der Waals surface area contributed by atoms with Gasteiger partial charge in [0.2, 0.25) is 0 Å². The molecule has 0 spiro atoms. The zero-order valence-corrected chi connectivity index (χ0v) is 10.8. The molecule has 0 unspecified atom stereocenters. The Hall–Kier alpha value is -0.0400. The van der Waals surface area contributed by atoms with Crippen LogP contribution in [0.15, 0.2) is 0 Å². The Bertz CT molecular complexity index is 209. The molecule has 1 nitrogen and oxygen atoms in total. The molecule has 1 heteroatoms. The molecule has 1 N–H and O–H groups in total. The lowest BCUT2D eigenvalue weighted by Crippen LogP contribution is -2.45. The quantitative estimate of drug-likeness (QED) is 0.731. The lowest BCUT2D eigenvalue weighted by molar-refractivity contribution is 0.156. The minimum absolute atomic E-state index is 0.683. The van der Waals surface area contributed by atoms with Crippen molar-refractivity contribution in [2.75, 3.05) is 6.54 Å². The average Bonchev–Trinajstić information content (AvgIpc) is 2.81. The highest BCUT2D eigenvalue weighted by Gasteiger charge is 2.45. The SMILES string of the molecule is CC(C)C1CC(NCC2(C(C)C)CC2)C1. The molecular formula is C14H27N. The number of nitrogens with one attached hydrogen (secondary N) is 1. The van der Waals surface area contributed by atoms with Crippen molar-refractivity contribution in [1.82, 2.24) is 5.32 Å². The van der Waals surface area contributed by atoms with E-state index in [0.29, 0.717) is 5.41 Å². The average molecular weight is 209 g/mol. The zero-order valence-electron chi connectivity index (χ0n) is 10.8. The van der Waals surface area contributed by atoms with Gasteiger partial charge in [0.1, 0.15) is 0 Å². The lowest BCUT2D eigenvalue weighted by Gasteiger charge is -2.39. The maximum Gasteiger partial charge on any atom is 0.00727 e. The van der Waals surface area contributed by atoms with E-state index in [-0.39, 0.29) is 0 Å². The highest BCUT2D eigenvalue weighted by Crippen LogP contribution is 2.51. The Balaban J connectivity index is 1.65. The highest BCUT2D eigenvalue weighted by atomic mass is 15.0. The monoisotopic (exact) mass is 209 g/mol. The first kappa shape index (κ1) is 11.4. The molecule has 2 fully saturated rings. The molecule has 0 aromatic carbocycles. The molecule has 0 aromatic rings. The van der Waals surface area contributed by atoms with E-state index in [1.54, 1.807) is 0 Å². The van der Waals surface area contributed by atoms with Gasteiger partial charge in [-0.25, -0.2) is 0 Å². The van der Waals surface area contributed by atoms with Gasteiger partial charge in [-0.3, -0.25) is 0 Å². The zero-order chi connectivity index (χ0) is 11.1. The molecule has 88 valence electrons. The van der Waals surface area contributed by atoms with Gasteiger partial charge in [-0.05, 0) is 48.9 Å². The minimum atomic E-state index is 0.683. The van der Waals surface area contributed by atoms with E-state index in [9.17, 15) is 0 Å². The third-order valence-corrected chi connectivity index (χ3v) is 4.98. The smallest absolute Gasteiger partial charge is 0.00727 e. The minimum Gasteiger partial charge on any atom is -0.313 e. The number of rotatable bonds is 5. The van der Waals surface area contributed by atoms with E-state index in [4.69, 9.17) is 0 Å². The fraction of sp³-hybridized carbons (Fsp3) is 1.00. The predicted molar refractivity (Wildman–Crippen MR) is 65.9 cm³/mol. The van der Waals surface area contributed by atoms with E-state index in [0.717, 1.165) is 23.8 Å². The van der Waals surface area contributed by atoms with Crippen LogP contribution >= 0.6 is 0 Å². The second-order valence-corrected chi connectivity index (χ2v) is 6.57. The van der Waals surface area contributed by atoms with Crippen LogP contribution in [0.5, 0.6) is 0 Å². The molecule has 0 heterocycles. The van der Waals surface area contributed by atoms with Crippen molar-refractivity contribution in [2.24, 2.45) is 23.2 Å². The first-order valence-electron chi connectivity index (χ1n) is 6.77. The van der Waals surface area contributed by atoms with E-state index < -0.39 is 0 Å². The molecule has 0 bridgehead atoms. The van der Waals surface area contributed by atoms with Gasteiger partial charge < -0.3 is 5.32 Å². The second-order valence-electron chi connectivity index (χ2n) is 6.57. The van der Waals surface area contributed by atoms with Gasteiger partial charge in [-0.1, -0.05) is 27.7 Å². The van der Waals surface area contributed by atoms with Crippen LogP contribution in [0.1, 0.15) is 53.4 Å². The fourth-order valence-electron chi connectivity index (χ4n) is 2.84. The molecular weight excluding hydrogens is 182 g/mol. The second kappa shape index (κ2) is 4.08. The summed E-state index contributed by atoms with van der Waals surface area (Å²) in [5, 5.41) is 3.79. The lowest BCUT2D eigenvalue weighted by atomic mass is 9.73. The third-order valence-electron chi connectivity index (χ3n) is 4.98. The van der Waals surface area contributed by atoms with Gasteiger partial charge in [0.05, 0.1) is 0 Å². The van der Waals surface area contributed by atoms with Crippen LogP contribution in [0.3, 0.4) is 0 Å². The van der Waals surface area contributed by atoms with Gasteiger partial charge in [-0.15, -0.1) is 0 Å². The van der Waals surface area contributed by atoms with E-state index >= 15 is 0 Å². The van der Waals surface area contributed by atoms with Crippen molar-refractivity contribution in [2.45, 2.75) is 59.4 Å². The van der Waals surface area contributed by atoms with E-state index in [1.165, 1.54) is 32.2 Å². The first-order chi connectivity index (χ1) is 7.03. The molecule has 0 aliphatic heterocycles. The van der Waals surface area contributed by atoms with E-state index in [2.05, 4.69) is 33.0 Å². The summed E-state index contributed by atoms with van der Waals surface area (Å²) in [6, 6.07) is 0.841. The Morgan fingerprint density at radius 3 is 2.13 bits per heavy atom. The summed E-state index contributed by atoms with van der Waals surface area (Å²) in [5.74, 6) is 2.76. The molecule has 2 aliphatic rings. The number of hydrogen-bond acceptors (Lipinski definition) is 1. The van der Waals surface area contributed by atoms with Crippen molar-refractivity contribution in [3.8, 4) is 0 Å². The summed E-state index contributed by atoms with van der Waals surface area (Å²) in [6.07, 6.45) is 5.76. The summed E-state index contributed by atoms with van der Waals surface area (Å²) in [6.45, 7) is 10.8. The summed E-state index contributed by atoms with van der Waals surface area (Å²) >= 11 is 0. The van der Waals surface area contributed by atoms with Crippen molar-refractivity contribution in [3.63, 3.8) is 0 Å². The largest absolute Gasteiger partial charge is 0.313 e. The normalized spacial score (nSPS) is 33.2. The first-order valence-corrected chi connectivity index (χ1v) is 6.77. The Morgan fingerprint density at radius 1 is 1.13 bits per heavy atom. The van der Waals surface area contributed by atoms with Crippen molar-refractivity contribution < 1.29 is 0 Å². The molecule has 2 aliphatic carbocycles. The van der Waals surface area contributed by atoms with Crippen molar-refractivity contribution in [3.05, 3.63) is 0 Å². The van der Waals surface area contributed by atoms with Gasteiger partial charge in [-0.2, -0.15) is 0 Å². The predicted octanol–water partition coefficient (Wildman–Crippen LogP) is 3.45. The van der Waals surface area contributed by atoms with Gasteiger partial charge in [0.15, 0.2) is 0 Å². The molecule has 0 atom stereocenters. The Morgan fingerprint density at radius 2 is 1.73 bits per heavy atom. The maximum atomic E-state index is 3.79. The fourth-order valence-corrected chi connectivity index (χ4v) is 2.84. The third kappa shape index (κ3) is 2.38. The Kier molecular flexibility index (Phi) is 3.12. The van der Waals surface area contributed by atoms with Crippen LogP contribution in [0, 0.1) is 23.2 Å². The van der Waals surface area contributed by atoms with Crippen LogP contribution < -0.4 is 5.32 Å². The van der Waals surface area contributed by atoms with Crippen LogP contribution in [-0.4, -0.2) is 12.6 Å². The summed E-state index contributed by atoms with van der Waals surface area (Å²) < 4.78 is 0. The topological polar surface area (TPSA) is 12.0 Å². The molecule has 0 radical (unpaired) electrons. The summed E-state index contributed by atoms with van der Waals surface area (Å²) in [7, 11) is 0. The molecule has 0 aromatic heterocycles. The molecule has 0 amide bonds. The van der Waals surface area contributed by atoms with Crippen LogP contribution in [0.4, 0.5) is 0 Å². The molecule has 2 saturated carbocycles. The van der Waals surface area contributed by atoms with Gasteiger partial charge >= 0.3 is 0 Å². The summed E-state index contributed by atoms with van der Waals surface area (Å²) in [4.78, 5) is 0. The van der Waals surface area contributed by atoms with E-state index in [1.807, 2.05) is 0 Å². The van der Waals surface area contributed by atoms with Crippen molar-refractivity contribution in [1.29, 1.82) is 0 Å². The van der Waals surface area contributed by atoms with Gasteiger partial charge in [0, 0.05) is 12.6 Å². The van der Waals surface area contributed by atoms with Crippen LogP contribution in [-0.2, 0) is 0 Å². The number of hydrogen-bond donors (Lipinski definition) is 1. The van der Waals surface area contributed by atoms with Crippen molar-refractivity contribution >= 4 is 0 Å². The molecule has 0 saturated heterocycles. The van der Waals surface area contributed by atoms with Gasteiger partial charge in [0.25, 0.3) is 0 Å². The summed E-state index contributed by atoms with van der Waals surface area (Å²) in [5.41, 5.74) is 0.683. The standard InChI is InChI=1S/C14H27N/c1-10(2)12-7-13(8-12)15-9-14(5-6-14)11(3)4/h10-13,15H,5-9H2,1-4H3. The van der Waals surface area contributed by atoms with Crippen LogP contribution in [0.25, 0.3) is 0 Å². The molecule has 2 rings (SSSR count).